The third kappa shape index (κ3) is 8.76. The Morgan fingerprint density at radius 1 is 0.959 bits per heavy atom. The molecule has 3 aromatic carbocycles. The summed E-state index contributed by atoms with van der Waals surface area (Å²) < 4.78 is 50.7. The first-order valence-electron chi connectivity index (χ1n) is 15.3. The molecule has 0 radical (unpaired) electrons. The maximum absolute atomic E-state index is 13.5. The Labute approximate surface area is 295 Å². The number of hydrogen-bond donors (Lipinski definition) is 2. The number of fused-ring (bicyclic) bond motifs is 1. The van der Waals surface area contributed by atoms with Gasteiger partial charge in [0.05, 0.1) is 33.6 Å². The molecule has 0 aliphatic heterocycles. The van der Waals surface area contributed by atoms with E-state index in [0.29, 0.717) is 35.9 Å². The van der Waals surface area contributed by atoms with Crippen LogP contribution in [0, 0.1) is 5.82 Å². The first-order chi connectivity index (χ1) is 23.8. The van der Waals surface area contributed by atoms with Gasteiger partial charge in [-0.3, -0.25) is 0 Å². The molecule has 252 valence electrons. The minimum atomic E-state index is -3.41. The van der Waals surface area contributed by atoms with E-state index in [0.717, 1.165) is 50.2 Å². The van der Waals surface area contributed by atoms with Crippen LogP contribution >= 0.6 is 27.3 Å². The average Bonchev–Trinajstić information content (AvgIpc) is 3.58. The van der Waals surface area contributed by atoms with E-state index in [1.165, 1.54) is 30.7 Å². The number of anilines is 2. The number of nitrogens with one attached hydrogen (secondary N) is 2. The van der Waals surface area contributed by atoms with Crippen molar-refractivity contribution in [3.05, 3.63) is 112 Å². The number of pyridine rings is 1. The van der Waals surface area contributed by atoms with Crippen molar-refractivity contribution in [3.8, 4) is 22.8 Å². The van der Waals surface area contributed by atoms with E-state index in [-0.39, 0.29) is 23.2 Å². The SMILES string of the molecule is COc1cc2ncnc(Nc3ccc(OCc4cccc(F)c4)c(Br)c3)c2cc1-c1csc(CCCNCCS(=O)(=O)c2ccccn2)n1. The molecule has 0 spiro atoms. The summed E-state index contributed by atoms with van der Waals surface area (Å²) in [5.41, 5.74) is 3.82. The number of ether oxygens (including phenoxy) is 2. The van der Waals surface area contributed by atoms with Crippen molar-refractivity contribution in [2.75, 3.05) is 31.3 Å². The Bertz CT molecular complexity index is 2170. The number of aromatic nitrogens is 4. The number of halogens is 2. The van der Waals surface area contributed by atoms with Gasteiger partial charge in [0.1, 0.15) is 36.1 Å². The minimum Gasteiger partial charge on any atom is -0.496 e. The Kier molecular flexibility index (Phi) is 11.1. The summed E-state index contributed by atoms with van der Waals surface area (Å²) in [7, 11) is -1.79. The van der Waals surface area contributed by atoms with Crippen molar-refractivity contribution in [1.82, 2.24) is 25.3 Å². The fourth-order valence-corrected chi connectivity index (χ4v) is 7.52. The molecule has 10 nitrogen and oxygen atoms in total. The predicted molar refractivity (Wildman–Crippen MR) is 193 cm³/mol. The lowest BCUT2D eigenvalue weighted by molar-refractivity contribution is 0.303. The van der Waals surface area contributed by atoms with Gasteiger partial charge in [-0.1, -0.05) is 18.2 Å². The Morgan fingerprint density at radius 2 is 1.86 bits per heavy atom. The van der Waals surface area contributed by atoms with E-state index < -0.39 is 9.84 Å². The van der Waals surface area contributed by atoms with E-state index in [1.807, 2.05) is 41.8 Å². The molecule has 0 saturated carbocycles. The molecule has 0 fully saturated rings. The molecule has 0 atom stereocenters. The van der Waals surface area contributed by atoms with Crippen LogP contribution in [0.2, 0.25) is 0 Å². The molecule has 0 aliphatic rings. The van der Waals surface area contributed by atoms with Crippen molar-refractivity contribution < 1.29 is 22.3 Å². The normalized spacial score (nSPS) is 11.5. The fourth-order valence-electron chi connectivity index (χ4n) is 5.05. The van der Waals surface area contributed by atoms with Crippen molar-refractivity contribution >= 4 is 59.5 Å². The van der Waals surface area contributed by atoms with Gasteiger partial charge >= 0.3 is 0 Å². The molecule has 3 aromatic heterocycles. The number of nitrogens with zero attached hydrogens (tertiary/aromatic N) is 4. The van der Waals surface area contributed by atoms with Crippen LogP contribution in [0.15, 0.2) is 100 Å². The first kappa shape index (κ1) is 34.4. The smallest absolute Gasteiger partial charge is 0.196 e. The largest absolute Gasteiger partial charge is 0.496 e. The Hall–Kier alpha value is -4.50. The van der Waals surface area contributed by atoms with Gasteiger partial charge < -0.3 is 20.1 Å². The molecule has 3 heterocycles. The standard InChI is InChI=1S/C35H32BrFN6O4S2/c1-46-32-19-29-27(35(41-22-40-29)42-25-10-11-31(28(36)17-25)47-20-23-6-4-7-24(37)16-23)18-26(32)30-21-48-33(43-30)8-5-12-38-14-15-49(44,45)34-9-2-3-13-39-34/h2-4,6-7,9-11,13,16-19,21-22,38H,5,8,12,14-15,20H2,1H3,(H,40,41,42). The zero-order valence-electron chi connectivity index (χ0n) is 26.4. The number of methoxy groups -OCH3 is 1. The van der Waals surface area contributed by atoms with Gasteiger partial charge in [-0.05, 0) is 83.0 Å². The lowest BCUT2D eigenvalue weighted by Crippen LogP contribution is -2.24. The second-order valence-electron chi connectivity index (χ2n) is 10.9. The molecule has 0 bridgehead atoms. The molecule has 0 amide bonds. The number of rotatable bonds is 15. The van der Waals surface area contributed by atoms with Crippen LogP contribution in [0.3, 0.4) is 0 Å². The van der Waals surface area contributed by atoms with E-state index in [1.54, 1.807) is 36.6 Å². The lowest BCUT2D eigenvalue weighted by atomic mass is 10.1. The molecule has 2 N–H and O–H groups in total. The highest BCUT2D eigenvalue weighted by atomic mass is 79.9. The van der Waals surface area contributed by atoms with Gasteiger partial charge in [-0.25, -0.2) is 32.7 Å². The van der Waals surface area contributed by atoms with Crippen LogP contribution in [0.25, 0.3) is 22.2 Å². The third-order valence-electron chi connectivity index (χ3n) is 7.51. The van der Waals surface area contributed by atoms with Crippen LogP contribution in [-0.2, 0) is 22.9 Å². The molecular weight excluding hydrogens is 731 g/mol. The summed E-state index contributed by atoms with van der Waals surface area (Å²) in [6, 6.07) is 20.6. The van der Waals surface area contributed by atoms with E-state index in [2.05, 4.69) is 41.5 Å². The molecule has 6 aromatic rings. The maximum Gasteiger partial charge on any atom is 0.196 e. The Balaban J connectivity index is 1.10. The van der Waals surface area contributed by atoms with E-state index in [9.17, 15) is 12.8 Å². The minimum absolute atomic E-state index is 0.0112. The summed E-state index contributed by atoms with van der Waals surface area (Å²) >= 11 is 5.15. The summed E-state index contributed by atoms with van der Waals surface area (Å²) in [5, 5.41) is 10.5. The summed E-state index contributed by atoms with van der Waals surface area (Å²) in [5.74, 6) is 1.57. The summed E-state index contributed by atoms with van der Waals surface area (Å²) in [6.45, 7) is 1.24. The molecule has 49 heavy (non-hydrogen) atoms. The monoisotopic (exact) mass is 762 g/mol. The second kappa shape index (κ2) is 15.8. The summed E-state index contributed by atoms with van der Waals surface area (Å²) in [6.07, 6.45) is 4.53. The predicted octanol–water partition coefficient (Wildman–Crippen LogP) is 7.38. The highest BCUT2D eigenvalue weighted by Crippen LogP contribution is 2.37. The van der Waals surface area contributed by atoms with Crippen molar-refractivity contribution in [2.24, 2.45) is 0 Å². The molecule has 14 heteroatoms. The van der Waals surface area contributed by atoms with Gasteiger partial charge in [0.15, 0.2) is 14.9 Å². The quantitative estimate of drug-likeness (QED) is 0.102. The second-order valence-corrected chi connectivity index (χ2v) is 14.8. The topological polar surface area (TPSA) is 128 Å². The highest BCUT2D eigenvalue weighted by Gasteiger charge is 2.17. The number of thiazole rings is 1. The number of sulfone groups is 1. The molecule has 0 saturated heterocycles. The van der Waals surface area contributed by atoms with Gasteiger partial charge in [-0.2, -0.15) is 0 Å². The molecule has 0 aliphatic carbocycles. The summed E-state index contributed by atoms with van der Waals surface area (Å²) in [4.78, 5) is 17.8. The molecule has 6 rings (SSSR count). The molecular formula is C35H32BrFN6O4S2. The van der Waals surface area contributed by atoms with E-state index >= 15 is 0 Å². The van der Waals surface area contributed by atoms with Crippen LogP contribution in [0.1, 0.15) is 17.0 Å². The first-order valence-corrected chi connectivity index (χ1v) is 18.7. The number of benzene rings is 3. The zero-order valence-corrected chi connectivity index (χ0v) is 29.6. The van der Waals surface area contributed by atoms with Crippen molar-refractivity contribution in [2.45, 2.75) is 24.5 Å². The van der Waals surface area contributed by atoms with Crippen LogP contribution < -0.4 is 20.1 Å². The van der Waals surface area contributed by atoms with Gasteiger partial charge in [0.2, 0.25) is 0 Å². The zero-order chi connectivity index (χ0) is 34.2. The van der Waals surface area contributed by atoms with Crippen LogP contribution in [0.5, 0.6) is 11.5 Å². The Morgan fingerprint density at radius 3 is 2.65 bits per heavy atom. The van der Waals surface area contributed by atoms with Crippen LogP contribution in [-0.4, -0.2) is 54.3 Å². The van der Waals surface area contributed by atoms with Gasteiger partial charge in [0.25, 0.3) is 0 Å². The number of aryl methyl sites for hydroxylation is 1. The van der Waals surface area contributed by atoms with Crippen molar-refractivity contribution in [3.63, 3.8) is 0 Å². The third-order valence-corrected chi connectivity index (χ3v) is 10.7. The maximum atomic E-state index is 13.5. The lowest BCUT2D eigenvalue weighted by Gasteiger charge is -2.13. The van der Waals surface area contributed by atoms with Gasteiger partial charge in [-0.15, -0.1) is 11.3 Å². The number of hydrogen-bond acceptors (Lipinski definition) is 11. The highest BCUT2D eigenvalue weighted by molar-refractivity contribution is 9.10. The van der Waals surface area contributed by atoms with E-state index in [4.69, 9.17) is 14.5 Å². The van der Waals surface area contributed by atoms with Crippen LogP contribution in [0.4, 0.5) is 15.9 Å². The average molecular weight is 764 g/mol. The molecule has 0 unspecified atom stereocenters. The van der Waals surface area contributed by atoms with Crippen molar-refractivity contribution in [1.29, 1.82) is 0 Å². The fraction of sp³-hybridized carbons (Fsp3) is 0.200. The van der Waals surface area contributed by atoms with Gasteiger partial charge in [0, 0.05) is 47.2 Å².